The summed E-state index contributed by atoms with van der Waals surface area (Å²) in [5.74, 6) is -0.754. The van der Waals surface area contributed by atoms with Crippen LogP contribution >= 0.6 is 0 Å². The minimum atomic E-state index is -0.486. The minimum Gasteiger partial charge on any atom is -0.340 e. The van der Waals surface area contributed by atoms with E-state index in [9.17, 15) is 24.1 Å². The SMILES string of the molecule is O=C(CN1CCN(C(=O)Cc2ccccc2[N+](=O)[O-])CC1)Nc1ccc(F)cc1. The molecule has 1 fully saturated rings. The molecular formula is C20H21FN4O4. The Bertz CT molecular complexity index is 896. The number of para-hydroxylation sites is 1. The molecule has 2 amide bonds. The quantitative estimate of drug-likeness (QED) is 0.592. The number of piperazine rings is 1. The van der Waals surface area contributed by atoms with E-state index < -0.39 is 4.92 Å². The zero-order valence-corrected chi connectivity index (χ0v) is 15.7. The first-order valence-electron chi connectivity index (χ1n) is 9.20. The number of nitro benzene ring substituents is 1. The molecule has 0 spiro atoms. The fourth-order valence-electron chi connectivity index (χ4n) is 3.21. The molecular weight excluding hydrogens is 379 g/mol. The van der Waals surface area contributed by atoms with Gasteiger partial charge in [-0.3, -0.25) is 24.6 Å². The van der Waals surface area contributed by atoms with Gasteiger partial charge in [-0.2, -0.15) is 0 Å². The third-order valence-electron chi connectivity index (χ3n) is 4.75. The second-order valence-electron chi connectivity index (χ2n) is 6.77. The summed E-state index contributed by atoms with van der Waals surface area (Å²) in [6.45, 7) is 2.12. The van der Waals surface area contributed by atoms with E-state index in [1.807, 2.05) is 4.90 Å². The van der Waals surface area contributed by atoms with Crippen LogP contribution in [0, 0.1) is 15.9 Å². The van der Waals surface area contributed by atoms with Gasteiger partial charge < -0.3 is 10.2 Å². The molecule has 1 saturated heterocycles. The lowest BCUT2D eigenvalue weighted by Gasteiger charge is -2.34. The fraction of sp³-hybridized carbons (Fsp3) is 0.300. The zero-order valence-electron chi connectivity index (χ0n) is 15.7. The Labute approximate surface area is 167 Å². The van der Waals surface area contributed by atoms with Crippen molar-refractivity contribution >= 4 is 23.2 Å². The second kappa shape index (κ2) is 9.24. The molecule has 1 heterocycles. The van der Waals surface area contributed by atoms with E-state index in [0.29, 0.717) is 37.4 Å². The van der Waals surface area contributed by atoms with E-state index >= 15 is 0 Å². The molecule has 0 radical (unpaired) electrons. The molecule has 9 heteroatoms. The maximum Gasteiger partial charge on any atom is 0.273 e. The molecule has 3 rings (SSSR count). The van der Waals surface area contributed by atoms with Gasteiger partial charge in [0.25, 0.3) is 5.69 Å². The molecule has 0 atom stereocenters. The number of hydrogen-bond donors (Lipinski definition) is 1. The van der Waals surface area contributed by atoms with Crippen molar-refractivity contribution in [2.24, 2.45) is 0 Å². The smallest absolute Gasteiger partial charge is 0.273 e. The number of anilines is 1. The van der Waals surface area contributed by atoms with Crippen molar-refractivity contribution in [2.75, 3.05) is 38.0 Å². The van der Waals surface area contributed by atoms with Crippen LogP contribution in [0.1, 0.15) is 5.56 Å². The summed E-state index contributed by atoms with van der Waals surface area (Å²) in [4.78, 5) is 38.8. The zero-order chi connectivity index (χ0) is 20.8. The number of nitrogens with zero attached hydrogens (tertiary/aromatic N) is 3. The molecule has 2 aromatic rings. The Hall–Kier alpha value is -3.33. The molecule has 0 saturated carbocycles. The molecule has 29 heavy (non-hydrogen) atoms. The van der Waals surface area contributed by atoms with Crippen molar-refractivity contribution in [3.8, 4) is 0 Å². The van der Waals surface area contributed by atoms with Crippen molar-refractivity contribution in [3.05, 3.63) is 70.0 Å². The van der Waals surface area contributed by atoms with Crippen molar-refractivity contribution in [3.63, 3.8) is 0 Å². The Morgan fingerprint density at radius 2 is 1.69 bits per heavy atom. The van der Waals surface area contributed by atoms with Crippen molar-refractivity contribution < 1.29 is 18.9 Å². The van der Waals surface area contributed by atoms with Gasteiger partial charge in [0.05, 0.1) is 17.9 Å². The van der Waals surface area contributed by atoms with Gasteiger partial charge in [-0.1, -0.05) is 18.2 Å². The number of nitro groups is 1. The van der Waals surface area contributed by atoms with Crippen LogP contribution in [0.15, 0.2) is 48.5 Å². The molecule has 0 aromatic heterocycles. The number of amides is 2. The number of halogens is 1. The predicted octanol–water partition coefficient (Wildman–Crippen LogP) is 2.06. The van der Waals surface area contributed by atoms with Gasteiger partial charge in [0.2, 0.25) is 11.8 Å². The van der Waals surface area contributed by atoms with Crippen molar-refractivity contribution in [1.29, 1.82) is 0 Å². The van der Waals surface area contributed by atoms with Crippen LogP contribution in [0.5, 0.6) is 0 Å². The highest BCUT2D eigenvalue weighted by atomic mass is 19.1. The lowest BCUT2D eigenvalue weighted by Crippen LogP contribution is -2.50. The third-order valence-corrected chi connectivity index (χ3v) is 4.75. The average Bonchev–Trinajstić information content (AvgIpc) is 2.70. The first-order chi connectivity index (χ1) is 13.9. The van der Waals surface area contributed by atoms with Crippen LogP contribution in [0.2, 0.25) is 0 Å². The van der Waals surface area contributed by atoms with Gasteiger partial charge >= 0.3 is 0 Å². The maximum absolute atomic E-state index is 12.9. The van der Waals surface area contributed by atoms with Gasteiger partial charge in [-0.15, -0.1) is 0 Å². The van der Waals surface area contributed by atoms with Crippen LogP contribution < -0.4 is 5.32 Å². The van der Waals surface area contributed by atoms with Gasteiger partial charge in [-0.25, -0.2) is 4.39 Å². The molecule has 1 N–H and O–H groups in total. The molecule has 1 aliphatic heterocycles. The molecule has 0 aliphatic carbocycles. The van der Waals surface area contributed by atoms with Crippen LogP contribution in [-0.4, -0.2) is 59.3 Å². The Balaban J connectivity index is 1.47. The molecule has 0 unspecified atom stereocenters. The number of carbonyl (C=O) groups is 2. The molecule has 152 valence electrons. The average molecular weight is 400 g/mol. The van der Waals surface area contributed by atoms with Gasteiger partial charge in [0, 0.05) is 43.5 Å². The number of benzene rings is 2. The van der Waals surface area contributed by atoms with E-state index in [1.54, 1.807) is 23.1 Å². The van der Waals surface area contributed by atoms with Crippen LogP contribution in [-0.2, 0) is 16.0 Å². The Morgan fingerprint density at radius 1 is 1.03 bits per heavy atom. The minimum absolute atomic E-state index is 0.0256. The lowest BCUT2D eigenvalue weighted by atomic mass is 10.1. The van der Waals surface area contributed by atoms with Crippen LogP contribution in [0.3, 0.4) is 0 Å². The van der Waals surface area contributed by atoms with E-state index in [1.165, 1.54) is 30.3 Å². The van der Waals surface area contributed by atoms with Gasteiger partial charge in [0.1, 0.15) is 5.82 Å². The van der Waals surface area contributed by atoms with Crippen LogP contribution in [0.25, 0.3) is 0 Å². The summed E-state index contributed by atoms with van der Waals surface area (Å²) in [5.41, 5.74) is 0.857. The Morgan fingerprint density at radius 3 is 2.34 bits per heavy atom. The number of rotatable bonds is 6. The first-order valence-corrected chi connectivity index (χ1v) is 9.20. The standard InChI is InChI=1S/C20H21FN4O4/c21-16-5-7-17(8-6-16)22-19(26)14-23-9-11-24(12-10-23)20(27)13-15-3-1-2-4-18(15)25(28)29/h1-8H,9-14H2,(H,22,26). The van der Waals surface area contributed by atoms with E-state index in [0.717, 1.165) is 0 Å². The topological polar surface area (TPSA) is 95.8 Å². The first kappa shape index (κ1) is 20.4. The largest absolute Gasteiger partial charge is 0.340 e. The highest BCUT2D eigenvalue weighted by molar-refractivity contribution is 5.92. The van der Waals surface area contributed by atoms with Gasteiger partial charge in [-0.05, 0) is 24.3 Å². The molecule has 0 bridgehead atoms. The molecule has 8 nitrogen and oxygen atoms in total. The third kappa shape index (κ3) is 5.58. The number of nitrogens with one attached hydrogen (secondary N) is 1. The van der Waals surface area contributed by atoms with Crippen molar-refractivity contribution in [1.82, 2.24) is 9.80 Å². The summed E-state index contributed by atoms with van der Waals surface area (Å²) in [7, 11) is 0. The van der Waals surface area contributed by atoms with Gasteiger partial charge in [0.15, 0.2) is 0 Å². The van der Waals surface area contributed by atoms with Crippen LogP contribution in [0.4, 0.5) is 15.8 Å². The number of hydrogen-bond acceptors (Lipinski definition) is 5. The molecule has 1 aliphatic rings. The normalized spacial score (nSPS) is 14.4. The summed E-state index contributed by atoms with van der Waals surface area (Å²) >= 11 is 0. The number of carbonyl (C=O) groups excluding carboxylic acids is 2. The summed E-state index contributed by atoms with van der Waals surface area (Å²) < 4.78 is 12.9. The summed E-state index contributed by atoms with van der Waals surface area (Å²) in [6.07, 6.45) is -0.0256. The predicted molar refractivity (Wildman–Crippen MR) is 105 cm³/mol. The fourth-order valence-corrected chi connectivity index (χ4v) is 3.21. The van der Waals surface area contributed by atoms with E-state index in [-0.39, 0.29) is 36.3 Å². The monoisotopic (exact) mass is 400 g/mol. The van der Waals surface area contributed by atoms with Crippen molar-refractivity contribution in [2.45, 2.75) is 6.42 Å². The second-order valence-corrected chi connectivity index (χ2v) is 6.77. The highest BCUT2D eigenvalue weighted by Gasteiger charge is 2.24. The summed E-state index contributed by atoms with van der Waals surface area (Å²) in [5, 5.41) is 13.8. The summed E-state index contributed by atoms with van der Waals surface area (Å²) in [6, 6.07) is 11.8. The Kier molecular flexibility index (Phi) is 6.50. The van der Waals surface area contributed by atoms with E-state index in [2.05, 4.69) is 5.32 Å². The molecule has 2 aromatic carbocycles. The highest BCUT2D eigenvalue weighted by Crippen LogP contribution is 2.19. The lowest BCUT2D eigenvalue weighted by molar-refractivity contribution is -0.385. The van der Waals surface area contributed by atoms with E-state index in [4.69, 9.17) is 0 Å². The maximum atomic E-state index is 12.9.